The summed E-state index contributed by atoms with van der Waals surface area (Å²) in [4.78, 5) is 19.3. The number of carbonyl (C=O) groups is 1. The summed E-state index contributed by atoms with van der Waals surface area (Å²) in [6.45, 7) is -0.0702. The zero-order chi connectivity index (χ0) is 13.8. The molecule has 0 aliphatic rings. The topological polar surface area (TPSA) is 54.9 Å². The van der Waals surface area contributed by atoms with E-state index in [9.17, 15) is 13.6 Å². The zero-order valence-electron chi connectivity index (χ0n) is 9.53. The van der Waals surface area contributed by atoms with Crippen molar-refractivity contribution in [1.29, 1.82) is 0 Å². The lowest BCUT2D eigenvalue weighted by Crippen LogP contribution is -2.25. The standard InChI is InChI=1S/C12H8ClF2N3O/c13-11-9(16-4-5-17-11)6-18-12(19)10-7(14)2-1-3-8(10)15/h1-5H,6H2,(H,18,19). The molecule has 0 aliphatic heterocycles. The normalized spacial score (nSPS) is 10.3. The molecule has 19 heavy (non-hydrogen) atoms. The molecule has 2 rings (SSSR count). The summed E-state index contributed by atoms with van der Waals surface area (Å²) in [6.07, 6.45) is 2.79. The number of halogens is 3. The fourth-order valence-electron chi connectivity index (χ4n) is 1.44. The number of benzene rings is 1. The van der Waals surface area contributed by atoms with Gasteiger partial charge in [0.25, 0.3) is 5.91 Å². The van der Waals surface area contributed by atoms with Crippen molar-refractivity contribution in [3.8, 4) is 0 Å². The molecular weight excluding hydrogens is 276 g/mol. The van der Waals surface area contributed by atoms with Gasteiger partial charge in [-0.2, -0.15) is 0 Å². The van der Waals surface area contributed by atoms with Crippen LogP contribution in [-0.4, -0.2) is 15.9 Å². The van der Waals surface area contributed by atoms with Gasteiger partial charge in [-0.3, -0.25) is 9.78 Å². The third-order valence-corrected chi connectivity index (χ3v) is 2.65. The maximum atomic E-state index is 13.4. The highest BCUT2D eigenvalue weighted by Gasteiger charge is 2.17. The third-order valence-electron chi connectivity index (χ3n) is 2.33. The largest absolute Gasteiger partial charge is 0.346 e. The van der Waals surface area contributed by atoms with Crippen molar-refractivity contribution in [3.05, 3.63) is 58.6 Å². The zero-order valence-corrected chi connectivity index (χ0v) is 10.3. The number of amides is 1. The minimum Gasteiger partial charge on any atom is -0.346 e. The van der Waals surface area contributed by atoms with E-state index in [4.69, 9.17) is 11.6 Å². The Balaban J connectivity index is 2.13. The molecule has 0 aliphatic carbocycles. The summed E-state index contributed by atoms with van der Waals surface area (Å²) in [6, 6.07) is 3.20. The van der Waals surface area contributed by atoms with E-state index >= 15 is 0 Å². The van der Waals surface area contributed by atoms with Crippen LogP contribution in [0.3, 0.4) is 0 Å². The van der Waals surface area contributed by atoms with Gasteiger partial charge in [0, 0.05) is 12.4 Å². The second-order valence-corrected chi connectivity index (χ2v) is 3.93. The lowest BCUT2D eigenvalue weighted by molar-refractivity contribution is 0.0942. The first kappa shape index (κ1) is 13.4. The smallest absolute Gasteiger partial charge is 0.257 e. The van der Waals surface area contributed by atoms with Crippen molar-refractivity contribution in [2.75, 3.05) is 0 Å². The Labute approximate surface area is 112 Å². The van der Waals surface area contributed by atoms with Crippen molar-refractivity contribution in [3.63, 3.8) is 0 Å². The number of aromatic nitrogens is 2. The second-order valence-electron chi connectivity index (χ2n) is 3.57. The van der Waals surface area contributed by atoms with Gasteiger partial charge in [-0.1, -0.05) is 17.7 Å². The number of carbonyl (C=O) groups excluding carboxylic acids is 1. The van der Waals surface area contributed by atoms with Crippen molar-refractivity contribution < 1.29 is 13.6 Å². The van der Waals surface area contributed by atoms with Crippen LogP contribution in [-0.2, 0) is 6.54 Å². The van der Waals surface area contributed by atoms with Crippen LogP contribution in [0.5, 0.6) is 0 Å². The van der Waals surface area contributed by atoms with Crippen molar-refractivity contribution in [1.82, 2.24) is 15.3 Å². The Morgan fingerprint density at radius 3 is 2.47 bits per heavy atom. The van der Waals surface area contributed by atoms with E-state index in [0.29, 0.717) is 5.69 Å². The fourth-order valence-corrected chi connectivity index (χ4v) is 1.61. The van der Waals surface area contributed by atoms with E-state index in [2.05, 4.69) is 15.3 Å². The SMILES string of the molecule is O=C(NCc1nccnc1Cl)c1c(F)cccc1F. The highest BCUT2D eigenvalue weighted by Crippen LogP contribution is 2.13. The fraction of sp³-hybridized carbons (Fsp3) is 0.0833. The molecule has 1 amide bonds. The molecule has 0 radical (unpaired) electrons. The molecule has 0 saturated carbocycles. The van der Waals surface area contributed by atoms with Crippen molar-refractivity contribution in [2.45, 2.75) is 6.54 Å². The van der Waals surface area contributed by atoms with E-state index < -0.39 is 23.1 Å². The molecule has 98 valence electrons. The molecule has 4 nitrogen and oxygen atoms in total. The molecule has 0 saturated heterocycles. The molecule has 1 N–H and O–H groups in total. The third kappa shape index (κ3) is 3.03. The summed E-state index contributed by atoms with van der Waals surface area (Å²) in [5.41, 5.74) is -0.322. The lowest BCUT2D eigenvalue weighted by Gasteiger charge is -2.07. The Bertz CT molecular complexity index is 601. The number of hydrogen-bond donors (Lipinski definition) is 1. The average Bonchev–Trinajstić information content (AvgIpc) is 2.37. The van der Waals surface area contributed by atoms with Crippen molar-refractivity contribution >= 4 is 17.5 Å². The summed E-state index contributed by atoms with van der Waals surface area (Å²) < 4.78 is 26.7. The molecule has 1 heterocycles. The van der Waals surface area contributed by atoms with Crippen LogP contribution in [0, 0.1) is 11.6 Å². The molecule has 0 atom stereocenters. The van der Waals surface area contributed by atoms with Gasteiger partial charge in [-0.25, -0.2) is 13.8 Å². The van der Waals surface area contributed by atoms with Gasteiger partial charge in [-0.05, 0) is 12.1 Å². The summed E-state index contributed by atoms with van der Waals surface area (Å²) in [5, 5.41) is 2.45. The number of nitrogens with zero attached hydrogens (tertiary/aromatic N) is 2. The maximum Gasteiger partial charge on any atom is 0.257 e. The minimum atomic E-state index is -0.928. The Morgan fingerprint density at radius 1 is 1.21 bits per heavy atom. The number of nitrogens with one attached hydrogen (secondary N) is 1. The van der Waals surface area contributed by atoms with Gasteiger partial charge in [0.15, 0.2) is 5.15 Å². The van der Waals surface area contributed by atoms with E-state index in [1.807, 2.05) is 0 Å². The molecule has 1 aromatic carbocycles. The van der Waals surface area contributed by atoms with Crippen molar-refractivity contribution in [2.24, 2.45) is 0 Å². The van der Waals surface area contributed by atoms with E-state index in [0.717, 1.165) is 12.1 Å². The van der Waals surface area contributed by atoms with Gasteiger partial charge < -0.3 is 5.32 Å². The van der Waals surface area contributed by atoms with Gasteiger partial charge in [0.05, 0.1) is 12.2 Å². The molecule has 0 bridgehead atoms. The van der Waals surface area contributed by atoms with Crippen LogP contribution in [0.1, 0.15) is 16.1 Å². The highest BCUT2D eigenvalue weighted by molar-refractivity contribution is 6.30. The Hall–Kier alpha value is -2.08. The summed E-state index contributed by atoms with van der Waals surface area (Å²) in [7, 11) is 0. The number of hydrogen-bond acceptors (Lipinski definition) is 3. The predicted octanol–water partition coefficient (Wildman–Crippen LogP) is 2.34. The van der Waals surface area contributed by atoms with Gasteiger partial charge in [0.1, 0.15) is 17.2 Å². The quantitative estimate of drug-likeness (QED) is 0.941. The number of rotatable bonds is 3. The molecule has 7 heteroatoms. The average molecular weight is 284 g/mol. The highest BCUT2D eigenvalue weighted by atomic mass is 35.5. The molecular formula is C12H8ClF2N3O. The predicted molar refractivity (Wildman–Crippen MR) is 64.6 cm³/mol. The van der Waals surface area contributed by atoms with Gasteiger partial charge in [-0.15, -0.1) is 0 Å². The van der Waals surface area contributed by atoms with Crippen LogP contribution < -0.4 is 5.32 Å². The monoisotopic (exact) mass is 283 g/mol. The Morgan fingerprint density at radius 2 is 1.84 bits per heavy atom. The van der Waals surface area contributed by atoms with Crippen LogP contribution in [0.2, 0.25) is 5.15 Å². The van der Waals surface area contributed by atoms with Crippen LogP contribution in [0.25, 0.3) is 0 Å². The molecule has 1 aromatic heterocycles. The van der Waals surface area contributed by atoms with Crippen LogP contribution >= 0.6 is 11.6 Å². The van der Waals surface area contributed by atoms with E-state index in [1.165, 1.54) is 18.5 Å². The molecule has 2 aromatic rings. The van der Waals surface area contributed by atoms with E-state index in [-0.39, 0.29) is 11.7 Å². The lowest BCUT2D eigenvalue weighted by atomic mass is 10.2. The molecule has 0 fully saturated rings. The molecule has 0 unspecified atom stereocenters. The first-order chi connectivity index (χ1) is 9.09. The van der Waals surface area contributed by atoms with Crippen LogP contribution in [0.4, 0.5) is 8.78 Å². The first-order valence-electron chi connectivity index (χ1n) is 5.27. The second kappa shape index (κ2) is 5.71. The molecule has 0 spiro atoms. The van der Waals surface area contributed by atoms with Gasteiger partial charge in [0.2, 0.25) is 0 Å². The maximum absolute atomic E-state index is 13.4. The summed E-state index contributed by atoms with van der Waals surface area (Å²) >= 11 is 5.74. The van der Waals surface area contributed by atoms with Crippen LogP contribution in [0.15, 0.2) is 30.6 Å². The minimum absolute atomic E-state index is 0.0702. The summed E-state index contributed by atoms with van der Waals surface area (Å²) in [5.74, 6) is -2.73. The Kier molecular flexibility index (Phi) is 4.01. The van der Waals surface area contributed by atoms with E-state index in [1.54, 1.807) is 0 Å². The van der Waals surface area contributed by atoms with Gasteiger partial charge >= 0.3 is 0 Å². The first-order valence-corrected chi connectivity index (χ1v) is 5.65.